The Morgan fingerprint density at radius 1 is 1.44 bits per heavy atom. The van der Waals surface area contributed by atoms with Gasteiger partial charge in [0.2, 0.25) is 0 Å². The number of nitrogens with zero attached hydrogens (tertiary/aromatic N) is 1. The first-order valence-electron chi connectivity index (χ1n) is 6.68. The molecule has 1 heterocycles. The second kappa shape index (κ2) is 6.58. The average molecular weight is 228 g/mol. The number of hydrogen-bond donors (Lipinski definition) is 1. The molecule has 0 spiro atoms. The van der Waals surface area contributed by atoms with Crippen molar-refractivity contribution in [3.8, 4) is 0 Å². The van der Waals surface area contributed by atoms with Gasteiger partial charge in [-0.15, -0.1) is 0 Å². The molecule has 0 aromatic heterocycles. The van der Waals surface area contributed by atoms with E-state index in [1.807, 2.05) is 0 Å². The zero-order chi connectivity index (χ0) is 12.1. The first-order valence-corrected chi connectivity index (χ1v) is 6.68. The summed E-state index contributed by atoms with van der Waals surface area (Å²) >= 11 is 0. The topological polar surface area (TPSA) is 24.5 Å². The van der Waals surface area contributed by atoms with Gasteiger partial charge < -0.3 is 10.1 Å². The van der Waals surface area contributed by atoms with E-state index in [2.05, 4.69) is 45.0 Å². The quantitative estimate of drug-likeness (QED) is 0.751. The third kappa shape index (κ3) is 3.19. The van der Waals surface area contributed by atoms with Gasteiger partial charge in [0.1, 0.15) is 0 Å². The maximum Gasteiger partial charge on any atom is 0.0703 e. The second-order valence-electron chi connectivity index (χ2n) is 4.91. The SMILES string of the molecule is CCNC(CC)C(C)N(C)C1CCOC1C. The van der Waals surface area contributed by atoms with E-state index in [-0.39, 0.29) is 0 Å². The smallest absolute Gasteiger partial charge is 0.0703 e. The zero-order valence-corrected chi connectivity index (χ0v) is 11.5. The van der Waals surface area contributed by atoms with Crippen molar-refractivity contribution < 1.29 is 4.74 Å². The van der Waals surface area contributed by atoms with E-state index < -0.39 is 0 Å². The fraction of sp³-hybridized carbons (Fsp3) is 1.00. The van der Waals surface area contributed by atoms with Gasteiger partial charge in [0.05, 0.1) is 6.10 Å². The summed E-state index contributed by atoms with van der Waals surface area (Å²) in [6, 6.07) is 1.74. The monoisotopic (exact) mass is 228 g/mol. The molecular weight excluding hydrogens is 200 g/mol. The molecule has 0 bridgehead atoms. The molecule has 0 radical (unpaired) electrons. The Kier molecular flexibility index (Phi) is 5.73. The zero-order valence-electron chi connectivity index (χ0n) is 11.5. The van der Waals surface area contributed by atoms with Crippen molar-refractivity contribution in [1.29, 1.82) is 0 Å². The van der Waals surface area contributed by atoms with Crippen molar-refractivity contribution >= 4 is 0 Å². The van der Waals surface area contributed by atoms with Crippen molar-refractivity contribution in [2.24, 2.45) is 0 Å². The lowest BCUT2D eigenvalue weighted by molar-refractivity contribution is 0.0620. The Balaban J connectivity index is 2.53. The van der Waals surface area contributed by atoms with E-state index in [1.165, 1.54) is 12.8 Å². The highest BCUT2D eigenvalue weighted by atomic mass is 16.5. The minimum Gasteiger partial charge on any atom is -0.377 e. The third-order valence-corrected chi connectivity index (χ3v) is 3.99. The van der Waals surface area contributed by atoms with Crippen LogP contribution in [0.5, 0.6) is 0 Å². The van der Waals surface area contributed by atoms with Gasteiger partial charge in [-0.25, -0.2) is 0 Å². The standard InChI is InChI=1S/C13H28N2O/c1-6-12(14-7-2)10(3)15(5)13-8-9-16-11(13)4/h10-14H,6-9H2,1-5H3. The second-order valence-corrected chi connectivity index (χ2v) is 4.91. The number of rotatable bonds is 6. The maximum absolute atomic E-state index is 5.65. The van der Waals surface area contributed by atoms with Gasteiger partial charge in [-0.1, -0.05) is 13.8 Å². The molecular formula is C13H28N2O. The van der Waals surface area contributed by atoms with E-state index in [0.717, 1.165) is 13.2 Å². The maximum atomic E-state index is 5.65. The molecule has 1 aliphatic heterocycles. The number of likely N-dealkylation sites (N-methyl/N-ethyl adjacent to an activating group) is 2. The van der Waals surface area contributed by atoms with E-state index in [1.54, 1.807) is 0 Å². The van der Waals surface area contributed by atoms with Crippen molar-refractivity contribution in [3.63, 3.8) is 0 Å². The molecule has 1 rings (SSSR count). The Hall–Kier alpha value is -0.120. The molecule has 3 heteroatoms. The van der Waals surface area contributed by atoms with Crippen LogP contribution in [-0.2, 0) is 4.74 Å². The van der Waals surface area contributed by atoms with Crippen LogP contribution in [0, 0.1) is 0 Å². The predicted molar refractivity (Wildman–Crippen MR) is 68.8 cm³/mol. The summed E-state index contributed by atoms with van der Waals surface area (Å²) in [5, 5.41) is 3.57. The fourth-order valence-electron chi connectivity index (χ4n) is 2.76. The lowest BCUT2D eigenvalue weighted by Crippen LogP contribution is -2.51. The Bertz CT molecular complexity index is 198. The van der Waals surface area contributed by atoms with E-state index >= 15 is 0 Å². The summed E-state index contributed by atoms with van der Waals surface area (Å²) in [5.74, 6) is 0. The van der Waals surface area contributed by atoms with Gasteiger partial charge >= 0.3 is 0 Å². The van der Waals surface area contributed by atoms with Gasteiger partial charge in [-0.05, 0) is 40.3 Å². The largest absolute Gasteiger partial charge is 0.377 e. The summed E-state index contributed by atoms with van der Waals surface area (Å²) in [6.45, 7) is 10.9. The Morgan fingerprint density at radius 3 is 2.56 bits per heavy atom. The third-order valence-electron chi connectivity index (χ3n) is 3.99. The number of hydrogen-bond acceptors (Lipinski definition) is 3. The van der Waals surface area contributed by atoms with Crippen LogP contribution >= 0.6 is 0 Å². The molecule has 0 amide bonds. The fourth-order valence-corrected chi connectivity index (χ4v) is 2.76. The molecule has 1 aliphatic rings. The highest BCUT2D eigenvalue weighted by Gasteiger charge is 2.32. The first kappa shape index (κ1) is 13.9. The molecule has 4 unspecified atom stereocenters. The van der Waals surface area contributed by atoms with Crippen molar-refractivity contribution in [3.05, 3.63) is 0 Å². The minimum atomic E-state index is 0.381. The van der Waals surface area contributed by atoms with Crippen LogP contribution in [0.25, 0.3) is 0 Å². The molecule has 0 aromatic carbocycles. The van der Waals surface area contributed by atoms with Gasteiger partial charge in [-0.2, -0.15) is 0 Å². The first-order chi connectivity index (χ1) is 7.61. The van der Waals surface area contributed by atoms with Crippen LogP contribution in [0.4, 0.5) is 0 Å². The van der Waals surface area contributed by atoms with Gasteiger partial charge in [0.25, 0.3) is 0 Å². The minimum absolute atomic E-state index is 0.381. The number of ether oxygens (including phenoxy) is 1. The summed E-state index contributed by atoms with van der Waals surface area (Å²) < 4.78 is 5.65. The Labute approximate surface area is 101 Å². The molecule has 1 saturated heterocycles. The summed E-state index contributed by atoms with van der Waals surface area (Å²) in [5.41, 5.74) is 0. The number of nitrogens with one attached hydrogen (secondary N) is 1. The van der Waals surface area contributed by atoms with E-state index in [0.29, 0.717) is 24.2 Å². The summed E-state index contributed by atoms with van der Waals surface area (Å²) in [6.07, 6.45) is 2.73. The van der Waals surface area contributed by atoms with Crippen molar-refractivity contribution in [2.45, 2.75) is 64.8 Å². The lowest BCUT2D eigenvalue weighted by Gasteiger charge is -2.37. The normalized spacial score (nSPS) is 29.6. The highest BCUT2D eigenvalue weighted by Crippen LogP contribution is 2.21. The van der Waals surface area contributed by atoms with Crippen molar-refractivity contribution in [2.75, 3.05) is 20.2 Å². The molecule has 16 heavy (non-hydrogen) atoms. The average Bonchev–Trinajstić information content (AvgIpc) is 2.70. The molecule has 3 nitrogen and oxygen atoms in total. The lowest BCUT2D eigenvalue weighted by atomic mass is 10.0. The van der Waals surface area contributed by atoms with E-state index in [4.69, 9.17) is 4.74 Å². The van der Waals surface area contributed by atoms with Crippen LogP contribution in [0.15, 0.2) is 0 Å². The molecule has 1 N–H and O–H groups in total. The van der Waals surface area contributed by atoms with Crippen LogP contribution in [0.2, 0.25) is 0 Å². The molecule has 0 aromatic rings. The molecule has 4 atom stereocenters. The molecule has 96 valence electrons. The molecule has 0 aliphatic carbocycles. The highest BCUT2D eigenvalue weighted by molar-refractivity contribution is 4.87. The van der Waals surface area contributed by atoms with Gasteiger partial charge in [-0.3, -0.25) is 4.90 Å². The Morgan fingerprint density at radius 2 is 2.12 bits per heavy atom. The molecule has 1 fully saturated rings. The summed E-state index contributed by atoms with van der Waals surface area (Å²) in [7, 11) is 2.24. The predicted octanol–water partition coefficient (Wildman–Crippen LogP) is 1.87. The van der Waals surface area contributed by atoms with Crippen LogP contribution in [0.3, 0.4) is 0 Å². The van der Waals surface area contributed by atoms with Gasteiger partial charge in [0, 0.05) is 24.7 Å². The van der Waals surface area contributed by atoms with Crippen LogP contribution < -0.4 is 5.32 Å². The van der Waals surface area contributed by atoms with Gasteiger partial charge in [0.15, 0.2) is 0 Å². The van der Waals surface area contributed by atoms with Crippen LogP contribution in [0.1, 0.15) is 40.5 Å². The summed E-state index contributed by atoms with van der Waals surface area (Å²) in [4.78, 5) is 2.49. The van der Waals surface area contributed by atoms with E-state index in [9.17, 15) is 0 Å². The van der Waals surface area contributed by atoms with Crippen molar-refractivity contribution in [1.82, 2.24) is 10.2 Å². The van der Waals surface area contributed by atoms with Crippen LogP contribution in [-0.4, -0.2) is 49.3 Å². The molecule has 0 saturated carbocycles.